The molecule has 0 aromatic heterocycles. The van der Waals surface area contributed by atoms with Crippen LogP contribution in [0.3, 0.4) is 0 Å². The Labute approximate surface area is 332 Å². The summed E-state index contributed by atoms with van der Waals surface area (Å²) in [4.78, 5) is 0. The minimum Gasteiger partial charge on any atom is -0.400 e. The first kappa shape index (κ1) is 59.9. The zero-order valence-electron chi connectivity index (χ0n) is 38.9. The Hall–Kier alpha value is -1.34. The van der Waals surface area contributed by atoms with Crippen LogP contribution >= 0.6 is 0 Å². The van der Waals surface area contributed by atoms with Crippen molar-refractivity contribution in [1.29, 1.82) is 0 Å². The summed E-state index contributed by atoms with van der Waals surface area (Å²) in [5.41, 5.74) is 4.33. The maximum atomic E-state index is 7.00. The fourth-order valence-electron chi connectivity index (χ4n) is 5.87. The minimum absolute atomic E-state index is 0.478. The molecular weight excluding hydrogens is 629 g/mol. The van der Waals surface area contributed by atoms with Crippen molar-refractivity contribution in [3.05, 3.63) is 60.8 Å². The van der Waals surface area contributed by atoms with Crippen LogP contribution in [0, 0.1) is 23.2 Å². The fourth-order valence-corrected chi connectivity index (χ4v) is 5.87. The Morgan fingerprint density at radius 1 is 0.596 bits per heavy atom. The molecule has 0 rings (SSSR count). The van der Waals surface area contributed by atoms with E-state index in [0.717, 1.165) is 25.9 Å². The van der Waals surface area contributed by atoms with Crippen LogP contribution in [0.2, 0.25) is 0 Å². The quantitative estimate of drug-likeness (QED) is 0.0628. The predicted octanol–water partition coefficient (Wildman–Crippen LogP) is 18.4. The Morgan fingerprint density at radius 2 is 0.981 bits per heavy atom. The average molecular weight is 731 g/mol. The van der Waals surface area contributed by atoms with E-state index in [1.54, 1.807) is 0 Å². The van der Waals surface area contributed by atoms with Crippen LogP contribution < -0.4 is 0 Å². The van der Waals surface area contributed by atoms with E-state index >= 15 is 0 Å². The first-order chi connectivity index (χ1) is 24.9. The molecule has 0 fully saturated rings. The lowest BCUT2D eigenvalue weighted by Gasteiger charge is -2.27. The lowest BCUT2D eigenvalue weighted by atomic mass is 9.79. The van der Waals surface area contributed by atoms with E-state index in [-0.39, 0.29) is 0 Å². The monoisotopic (exact) mass is 731 g/mol. The highest BCUT2D eigenvalue weighted by Gasteiger charge is 2.19. The molecule has 3 unspecified atom stereocenters. The SMILES string of the molecule is C=C/C=C(\C=C/C)C(C)CC(C)C(=C)C(=C)CCCCCCC.CC.CCCC.CCCCCCCCCCCCCCCC(C)C(C)(C)C.CO. The van der Waals surface area contributed by atoms with Crippen molar-refractivity contribution < 1.29 is 5.11 Å². The van der Waals surface area contributed by atoms with Gasteiger partial charge in [-0.15, -0.1) is 0 Å². The second-order valence-electron chi connectivity index (χ2n) is 16.0. The number of unbranched alkanes of at least 4 members (excludes halogenated alkanes) is 17. The van der Waals surface area contributed by atoms with Crippen LogP contribution in [0.1, 0.15) is 238 Å². The van der Waals surface area contributed by atoms with Crippen molar-refractivity contribution in [2.24, 2.45) is 23.2 Å². The maximum absolute atomic E-state index is 7.00. The first-order valence-corrected chi connectivity index (χ1v) is 22.6. The van der Waals surface area contributed by atoms with Crippen LogP contribution in [0.5, 0.6) is 0 Å². The van der Waals surface area contributed by atoms with Crippen molar-refractivity contribution in [2.75, 3.05) is 7.11 Å². The normalized spacial score (nSPS) is 12.8. The zero-order valence-corrected chi connectivity index (χ0v) is 38.9. The number of aliphatic hydroxyl groups is 1. The third-order valence-corrected chi connectivity index (χ3v) is 10.3. The number of aliphatic hydroxyl groups excluding tert-OH is 1. The second-order valence-corrected chi connectivity index (χ2v) is 16.0. The molecule has 0 radical (unpaired) electrons. The standard InChI is InChI=1S/C23H38.C21H44.C4H10.C2H6.CH4O/c1-8-11-12-13-14-17-19(4)22(7)20(5)18-21(6)23(15-9-2)16-10-3;1-6-7-8-9-10-11-12-13-14-15-16-17-18-19-20(2)21(3,4)5;1-3-4-2;2*1-2/h9-10,15-16,20-21H,2,4,7-8,11-14,17-18H2,1,3,5-6H3;20H,6-19H2,1-5H3;3-4H2,1-2H3;1-2H3;2H,1H3/b16-10-,23-15+;;;;. The van der Waals surface area contributed by atoms with E-state index in [0.29, 0.717) is 17.3 Å². The second kappa shape index (κ2) is 47.7. The number of rotatable bonds is 28. The van der Waals surface area contributed by atoms with E-state index in [2.05, 4.69) is 114 Å². The van der Waals surface area contributed by atoms with Crippen LogP contribution in [0.4, 0.5) is 0 Å². The van der Waals surface area contributed by atoms with Gasteiger partial charge < -0.3 is 5.11 Å². The highest BCUT2D eigenvalue weighted by atomic mass is 16.2. The summed E-state index contributed by atoms with van der Waals surface area (Å²) in [6.07, 6.45) is 40.1. The number of hydrogen-bond donors (Lipinski definition) is 1. The van der Waals surface area contributed by atoms with Gasteiger partial charge in [0.25, 0.3) is 0 Å². The molecule has 1 N–H and O–H groups in total. The van der Waals surface area contributed by atoms with Gasteiger partial charge >= 0.3 is 0 Å². The molecule has 0 aliphatic heterocycles. The average Bonchev–Trinajstić information content (AvgIpc) is 3.14. The molecule has 0 heterocycles. The lowest BCUT2D eigenvalue weighted by molar-refractivity contribution is 0.240. The first-order valence-electron chi connectivity index (χ1n) is 22.6. The van der Waals surface area contributed by atoms with Crippen LogP contribution in [-0.4, -0.2) is 12.2 Å². The molecule has 52 heavy (non-hydrogen) atoms. The molecule has 312 valence electrons. The maximum Gasteiger partial charge on any atom is 0.0319 e. The van der Waals surface area contributed by atoms with Crippen LogP contribution in [0.15, 0.2) is 60.8 Å². The van der Waals surface area contributed by atoms with E-state index in [9.17, 15) is 0 Å². The minimum atomic E-state index is 0.478. The third-order valence-electron chi connectivity index (χ3n) is 10.3. The van der Waals surface area contributed by atoms with E-state index < -0.39 is 0 Å². The summed E-state index contributed by atoms with van der Waals surface area (Å²) >= 11 is 0. The Balaban J connectivity index is -0.000000236. The van der Waals surface area contributed by atoms with Crippen molar-refractivity contribution >= 4 is 0 Å². The molecule has 0 bridgehead atoms. The van der Waals surface area contributed by atoms with Gasteiger partial charge in [-0.3, -0.25) is 0 Å². The fraction of sp³-hybridized carbons (Fsp3) is 0.804. The van der Waals surface area contributed by atoms with Crippen molar-refractivity contribution in [3.8, 4) is 0 Å². The summed E-state index contributed by atoms with van der Waals surface area (Å²) in [6, 6.07) is 0. The Morgan fingerprint density at radius 3 is 1.33 bits per heavy atom. The van der Waals surface area contributed by atoms with Gasteiger partial charge in [0, 0.05) is 7.11 Å². The summed E-state index contributed by atoms with van der Waals surface area (Å²) in [7, 11) is 1.00. The Kier molecular flexibility index (Phi) is 54.9. The topological polar surface area (TPSA) is 20.2 Å². The smallest absolute Gasteiger partial charge is 0.0319 e. The molecule has 0 aliphatic rings. The van der Waals surface area contributed by atoms with E-state index in [1.165, 1.54) is 152 Å². The van der Waals surface area contributed by atoms with Gasteiger partial charge in [0.1, 0.15) is 0 Å². The number of hydrogen-bond acceptors (Lipinski definition) is 1. The molecule has 0 spiro atoms. The van der Waals surface area contributed by atoms with Gasteiger partial charge in [-0.1, -0.05) is 261 Å². The van der Waals surface area contributed by atoms with Crippen molar-refractivity contribution in [3.63, 3.8) is 0 Å². The molecule has 0 aromatic carbocycles. The number of allylic oxidation sites excluding steroid dienone is 7. The summed E-state index contributed by atoms with van der Waals surface area (Å²) in [5.74, 6) is 1.85. The molecule has 0 aliphatic carbocycles. The van der Waals surface area contributed by atoms with Crippen molar-refractivity contribution in [2.45, 2.75) is 238 Å². The van der Waals surface area contributed by atoms with Crippen LogP contribution in [-0.2, 0) is 0 Å². The molecule has 1 heteroatoms. The molecule has 0 amide bonds. The van der Waals surface area contributed by atoms with Crippen molar-refractivity contribution in [1.82, 2.24) is 0 Å². The molecular formula is C51H102O. The lowest BCUT2D eigenvalue weighted by Crippen LogP contribution is -2.16. The summed E-state index contributed by atoms with van der Waals surface area (Å²) in [6.45, 7) is 41.5. The van der Waals surface area contributed by atoms with Gasteiger partial charge in [0.2, 0.25) is 0 Å². The molecule has 0 saturated carbocycles. The van der Waals surface area contributed by atoms with Gasteiger partial charge in [-0.2, -0.15) is 0 Å². The molecule has 0 saturated heterocycles. The largest absolute Gasteiger partial charge is 0.400 e. The van der Waals surface area contributed by atoms with Gasteiger partial charge in [0.05, 0.1) is 0 Å². The molecule has 3 atom stereocenters. The van der Waals surface area contributed by atoms with Gasteiger partial charge in [-0.05, 0) is 60.5 Å². The van der Waals surface area contributed by atoms with Gasteiger partial charge in [0.15, 0.2) is 0 Å². The van der Waals surface area contributed by atoms with E-state index in [4.69, 9.17) is 5.11 Å². The highest BCUT2D eigenvalue weighted by Crippen LogP contribution is 2.31. The summed E-state index contributed by atoms with van der Waals surface area (Å²) in [5, 5.41) is 7.00. The summed E-state index contributed by atoms with van der Waals surface area (Å²) < 4.78 is 0. The highest BCUT2D eigenvalue weighted by molar-refractivity contribution is 5.29. The zero-order chi connectivity index (χ0) is 41.1. The third kappa shape index (κ3) is 44.8. The molecule has 0 aromatic rings. The van der Waals surface area contributed by atoms with Gasteiger partial charge in [-0.25, -0.2) is 0 Å². The Bertz CT molecular complexity index is 773. The van der Waals surface area contributed by atoms with Crippen LogP contribution in [0.25, 0.3) is 0 Å². The predicted molar refractivity (Wildman–Crippen MR) is 247 cm³/mol. The molecule has 1 nitrogen and oxygen atoms in total. The van der Waals surface area contributed by atoms with E-state index in [1.807, 2.05) is 19.9 Å².